The van der Waals surface area contributed by atoms with Gasteiger partial charge in [0.15, 0.2) is 5.96 Å². The Morgan fingerprint density at radius 3 is 2.20 bits per heavy atom. The molecule has 0 aliphatic rings. The molecule has 1 atom stereocenters. The quantitative estimate of drug-likeness (QED) is 0.570. The van der Waals surface area contributed by atoms with E-state index >= 15 is 0 Å². The lowest BCUT2D eigenvalue weighted by Gasteiger charge is -2.11. The van der Waals surface area contributed by atoms with Gasteiger partial charge in [0.05, 0.1) is 6.04 Å². The Labute approximate surface area is 125 Å². The van der Waals surface area contributed by atoms with Crippen molar-refractivity contribution in [1.82, 2.24) is 0 Å². The van der Waals surface area contributed by atoms with E-state index in [-0.39, 0.29) is 30.4 Å². The molecule has 1 unspecified atom stereocenters. The summed E-state index contributed by atoms with van der Waals surface area (Å²) in [6, 6.07) is 5.90. The van der Waals surface area contributed by atoms with Gasteiger partial charge in [-0.05, 0) is 44.0 Å². The number of halogens is 1. The van der Waals surface area contributed by atoms with Gasteiger partial charge in [-0.2, -0.15) is 4.99 Å². The molecule has 6 N–H and O–H groups in total. The smallest absolute Gasteiger partial charge is 0.218 e. The number of guanidine groups is 2. The van der Waals surface area contributed by atoms with Crippen molar-refractivity contribution in [2.45, 2.75) is 26.8 Å². The van der Waals surface area contributed by atoms with Crippen LogP contribution in [0.2, 0.25) is 0 Å². The van der Waals surface area contributed by atoms with E-state index in [0.717, 1.165) is 16.9 Å². The van der Waals surface area contributed by atoms with E-state index in [2.05, 4.69) is 16.1 Å². The third-order valence-electron chi connectivity index (χ3n) is 2.28. The third kappa shape index (κ3) is 6.84. The summed E-state index contributed by atoms with van der Waals surface area (Å²) in [6.45, 7) is 6.33. The second kappa shape index (κ2) is 8.27. The van der Waals surface area contributed by atoms with Crippen LogP contribution in [0.15, 0.2) is 28.2 Å². The molecule has 6 nitrogen and oxygen atoms in total. The van der Waals surface area contributed by atoms with Crippen LogP contribution >= 0.6 is 12.4 Å². The van der Waals surface area contributed by atoms with Crippen LogP contribution in [0.25, 0.3) is 0 Å². The zero-order chi connectivity index (χ0) is 14.4. The minimum atomic E-state index is -0.135. The molecule has 1 aromatic carbocycles. The minimum absolute atomic E-state index is 0. The van der Waals surface area contributed by atoms with Crippen LogP contribution in [0.5, 0.6) is 5.75 Å². The number of nitrogens with zero attached hydrogens (tertiary/aromatic N) is 2. The summed E-state index contributed by atoms with van der Waals surface area (Å²) in [5.41, 5.74) is 18.3. The standard InChI is InChI=1S/C13H21N5O.ClH/c1-8-4-9(2)6-11(5-8)19-7-10(3)17-13(16)18-12(14)15;/h4-6,10H,7H2,1-3H3,(H6,14,15,16,17,18);1H. The Balaban J connectivity index is 0.00000361. The maximum Gasteiger partial charge on any atom is 0.218 e. The van der Waals surface area contributed by atoms with Crippen LogP contribution in [0.1, 0.15) is 18.1 Å². The summed E-state index contributed by atoms with van der Waals surface area (Å²) in [7, 11) is 0. The lowest BCUT2D eigenvalue weighted by Crippen LogP contribution is -2.27. The predicted octanol–water partition coefficient (Wildman–Crippen LogP) is 1.08. The van der Waals surface area contributed by atoms with Crippen LogP contribution in [0.4, 0.5) is 0 Å². The highest BCUT2D eigenvalue weighted by molar-refractivity contribution is 5.92. The van der Waals surface area contributed by atoms with Gasteiger partial charge >= 0.3 is 0 Å². The van der Waals surface area contributed by atoms with Crippen LogP contribution in [-0.2, 0) is 0 Å². The Kier molecular flexibility index (Phi) is 7.46. The van der Waals surface area contributed by atoms with Gasteiger partial charge in [0.2, 0.25) is 5.96 Å². The fourth-order valence-corrected chi connectivity index (χ4v) is 1.66. The molecule has 1 aromatic rings. The lowest BCUT2D eigenvalue weighted by atomic mass is 10.1. The summed E-state index contributed by atoms with van der Waals surface area (Å²) in [4.78, 5) is 7.74. The highest BCUT2D eigenvalue weighted by atomic mass is 35.5. The van der Waals surface area contributed by atoms with E-state index in [1.54, 1.807) is 0 Å². The highest BCUT2D eigenvalue weighted by Crippen LogP contribution is 2.16. The number of ether oxygens (including phenoxy) is 1. The zero-order valence-corrected chi connectivity index (χ0v) is 12.8. The molecule has 0 radical (unpaired) electrons. The minimum Gasteiger partial charge on any atom is -0.491 e. The molecule has 0 amide bonds. The number of hydrogen-bond acceptors (Lipinski definition) is 2. The molecule has 7 heteroatoms. The predicted molar refractivity (Wildman–Crippen MR) is 85.6 cm³/mol. The third-order valence-corrected chi connectivity index (χ3v) is 2.28. The molecule has 0 aliphatic heterocycles. The van der Waals surface area contributed by atoms with E-state index in [1.165, 1.54) is 0 Å². The molecule has 0 bridgehead atoms. The Morgan fingerprint density at radius 2 is 1.70 bits per heavy atom. The monoisotopic (exact) mass is 299 g/mol. The molecule has 0 heterocycles. The van der Waals surface area contributed by atoms with Crippen LogP contribution < -0.4 is 21.9 Å². The Hall–Kier alpha value is -1.95. The number of benzene rings is 1. The Bertz CT molecular complexity index is 477. The average molecular weight is 300 g/mol. The van der Waals surface area contributed by atoms with E-state index in [9.17, 15) is 0 Å². The molecular formula is C13H22ClN5O. The van der Waals surface area contributed by atoms with Crippen molar-refractivity contribution in [3.63, 3.8) is 0 Å². The summed E-state index contributed by atoms with van der Waals surface area (Å²) >= 11 is 0. The Morgan fingerprint density at radius 1 is 1.15 bits per heavy atom. The van der Waals surface area contributed by atoms with Crippen molar-refractivity contribution >= 4 is 24.3 Å². The van der Waals surface area contributed by atoms with Gasteiger partial charge in [-0.1, -0.05) is 6.07 Å². The first kappa shape index (κ1) is 18.0. The van der Waals surface area contributed by atoms with Crippen molar-refractivity contribution in [3.05, 3.63) is 29.3 Å². The van der Waals surface area contributed by atoms with E-state index < -0.39 is 0 Å². The molecule has 112 valence electrons. The summed E-state index contributed by atoms with van der Waals surface area (Å²) < 4.78 is 5.66. The number of nitrogens with two attached hydrogens (primary N) is 3. The molecular weight excluding hydrogens is 278 g/mol. The fourth-order valence-electron chi connectivity index (χ4n) is 1.66. The number of rotatable bonds is 4. The van der Waals surface area contributed by atoms with Crippen molar-refractivity contribution in [3.8, 4) is 5.75 Å². The van der Waals surface area contributed by atoms with Crippen molar-refractivity contribution in [2.24, 2.45) is 27.2 Å². The molecule has 0 spiro atoms. The molecule has 0 aromatic heterocycles. The van der Waals surface area contributed by atoms with Gasteiger partial charge in [0, 0.05) is 0 Å². The van der Waals surface area contributed by atoms with Gasteiger partial charge in [0.1, 0.15) is 12.4 Å². The fraction of sp³-hybridized carbons (Fsp3) is 0.385. The first-order valence-corrected chi connectivity index (χ1v) is 6.01. The summed E-state index contributed by atoms with van der Waals surface area (Å²) in [5, 5.41) is 0. The van der Waals surface area contributed by atoms with Crippen molar-refractivity contribution in [2.75, 3.05) is 6.61 Å². The molecule has 0 fully saturated rings. The molecule has 1 rings (SSSR count). The zero-order valence-electron chi connectivity index (χ0n) is 12.0. The van der Waals surface area contributed by atoms with Gasteiger partial charge < -0.3 is 21.9 Å². The molecule has 0 saturated carbocycles. The maximum absolute atomic E-state index is 5.66. The largest absolute Gasteiger partial charge is 0.491 e. The highest BCUT2D eigenvalue weighted by Gasteiger charge is 2.03. The van der Waals surface area contributed by atoms with E-state index in [1.807, 2.05) is 32.9 Å². The molecule has 0 saturated heterocycles. The van der Waals surface area contributed by atoms with Gasteiger partial charge in [-0.15, -0.1) is 12.4 Å². The summed E-state index contributed by atoms with van der Waals surface area (Å²) in [5.74, 6) is 0.764. The van der Waals surface area contributed by atoms with Gasteiger partial charge in [0.25, 0.3) is 0 Å². The maximum atomic E-state index is 5.66. The van der Waals surface area contributed by atoms with Crippen LogP contribution in [0, 0.1) is 13.8 Å². The van der Waals surface area contributed by atoms with E-state index in [0.29, 0.717) is 6.61 Å². The van der Waals surface area contributed by atoms with E-state index in [4.69, 9.17) is 21.9 Å². The number of aryl methyl sites for hydroxylation is 2. The first-order chi connectivity index (χ1) is 8.86. The molecule has 0 aliphatic carbocycles. The van der Waals surface area contributed by atoms with Gasteiger partial charge in [-0.25, -0.2) is 4.99 Å². The summed E-state index contributed by atoms with van der Waals surface area (Å²) in [6.07, 6.45) is 0. The topological polar surface area (TPSA) is 112 Å². The second-order valence-electron chi connectivity index (χ2n) is 4.51. The van der Waals surface area contributed by atoms with Crippen molar-refractivity contribution < 1.29 is 4.74 Å². The second-order valence-corrected chi connectivity index (χ2v) is 4.51. The molecule has 20 heavy (non-hydrogen) atoms. The van der Waals surface area contributed by atoms with Crippen molar-refractivity contribution in [1.29, 1.82) is 0 Å². The van der Waals surface area contributed by atoms with Gasteiger partial charge in [-0.3, -0.25) is 0 Å². The average Bonchev–Trinajstić information content (AvgIpc) is 2.23. The lowest BCUT2D eigenvalue weighted by molar-refractivity contribution is 0.296. The SMILES string of the molecule is Cc1cc(C)cc(OCC(C)N=C(N)N=C(N)N)c1.Cl. The normalized spacial score (nSPS) is 12.2. The number of aliphatic imine (C=N–C) groups is 2. The number of hydrogen-bond donors (Lipinski definition) is 3. The van der Waals surface area contributed by atoms with Crippen LogP contribution in [0.3, 0.4) is 0 Å². The van der Waals surface area contributed by atoms with Crippen LogP contribution in [-0.4, -0.2) is 24.6 Å². The first-order valence-electron chi connectivity index (χ1n) is 6.01.